The Labute approximate surface area is 154 Å². The summed E-state index contributed by atoms with van der Waals surface area (Å²) in [5.74, 6) is 1.56. The molecule has 4 heteroatoms. The zero-order chi connectivity index (χ0) is 18.4. The van der Waals surface area contributed by atoms with Crippen molar-refractivity contribution in [2.24, 2.45) is 0 Å². The standard InChI is InChI=1S/C22H23N3O/c1-3-5-14-26-19-12-10-17(11-13-19)15-18(16-23)22-24-20-8-6-7-9-21(20)25(22)4-2/h6-13,15H,3-5,14H2,1-2H3/b18-15-. The maximum Gasteiger partial charge on any atom is 0.151 e. The van der Waals surface area contributed by atoms with Gasteiger partial charge in [-0.05, 0) is 49.2 Å². The molecule has 132 valence electrons. The largest absolute Gasteiger partial charge is 0.494 e. The molecular weight excluding hydrogens is 322 g/mol. The minimum atomic E-state index is 0.558. The lowest BCUT2D eigenvalue weighted by Gasteiger charge is -2.06. The Kier molecular flexibility index (Phi) is 5.70. The first-order chi connectivity index (χ1) is 12.8. The molecular formula is C22H23N3O. The maximum absolute atomic E-state index is 9.69. The molecule has 0 saturated heterocycles. The van der Waals surface area contributed by atoms with Crippen LogP contribution in [0.1, 0.15) is 38.1 Å². The number of allylic oxidation sites excluding steroid dienone is 1. The van der Waals surface area contributed by atoms with Crippen molar-refractivity contribution in [2.75, 3.05) is 6.61 Å². The molecule has 4 nitrogen and oxygen atoms in total. The van der Waals surface area contributed by atoms with Gasteiger partial charge in [-0.25, -0.2) is 4.98 Å². The molecule has 0 saturated carbocycles. The second kappa shape index (κ2) is 8.35. The number of aromatic nitrogens is 2. The first-order valence-electron chi connectivity index (χ1n) is 9.07. The second-order valence-electron chi connectivity index (χ2n) is 6.11. The fourth-order valence-corrected chi connectivity index (χ4v) is 2.91. The van der Waals surface area contributed by atoms with Crippen LogP contribution in [0, 0.1) is 11.3 Å². The maximum atomic E-state index is 9.69. The van der Waals surface area contributed by atoms with Crippen LogP contribution in [-0.2, 0) is 6.54 Å². The van der Waals surface area contributed by atoms with Crippen LogP contribution in [0.5, 0.6) is 5.75 Å². The van der Waals surface area contributed by atoms with E-state index >= 15 is 0 Å². The minimum Gasteiger partial charge on any atom is -0.494 e. The number of para-hydroxylation sites is 2. The van der Waals surface area contributed by atoms with Crippen LogP contribution in [0.4, 0.5) is 0 Å². The molecule has 0 unspecified atom stereocenters. The van der Waals surface area contributed by atoms with Crippen molar-refractivity contribution in [3.8, 4) is 11.8 Å². The molecule has 0 aliphatic heterocycles. The average molecular weight is 345 g/mol. The number of nitriles is 1. The van der Waals surface area contributed by atoms with Crippen LogP contribution in [0.2, 0.25) is 0 Å². The van der Waals surface area contributed by atoms with E-state index in [2.05, 4.69) is 29.5 Å². The summed E-state index contributed by atoms with van der Waals surface area (Å²) in [6.45, 7) is 5.70. The number of hydrogen-bond acceptors (Lipinski definition) is 3. The predicted molar refractivity (Wildman–Crippen MR) is 106 cm³/mol. The molecule has 0 amide bonds. The lowest BCUT2D eigenvalue weighted by Crippen LogP contribution is -2.00. The van der Waals surface area contributed by atoms with Gasteiger partial charge in [0.15, 0.2) is 5.82 Å². The molecule has 0 bridgehead atoms. The first kappa shape index (κ1) is 17.8. The van der Waals surface area contributed by atoms with Crippen LogP contribution in [-0.4, -0.2) is 16.2 Å². The Morgan fingerprint density at radius 3 is 2.62 bits per heavy atom. The van der Waals surface area contributed by atoms with Gasteiger partial charge in [-0.3, -0.25) is 0 Å². The molecule has 2 aromatic carbocycles. The number of imidazole rings is 1. The van der Waals surface area contributed by atoms with E-state index in [9.17, 15) is 5.26 Å². The van der Waals surface area contributed by atoms with Crippen LogP contribution >= 0.6 is 0 Å². The molecule has 0 aliphatic carbocycles. The summed E-state index contributed by atoms with van der Waals surface area (Å²) >= 11 is 0. The fourth-order valence-electron chi connectivity index (χ4n) is 2.91. The number of hydrogen-bond donors (Lipinski definition) is 0. The van der Waals surface area contributed by atoms with E-state index in [0.717, 1.165) is 48.3 Å². The zero-order valence-electron chi connectivity index (χ0n) is 15.3. The lowest BCUT2D eigenvalue weighted by atomic mass is 10.1. The molecule has 1 aromatic heterocycles. The molecule has 0 radical (unpaired) electrons. The van der Waals surface area contributed by atoms with Gasteiger partial charge < -0.3 is 9.30 Å². The topological polar surface area (TPSA) is 50.8 Å². The Morgan fingerprint density at radius 2 is 1.92 bits per heavy atom. The Hall–Kier alpha value is -3.06. The van der Waals surface area contributed by atoms with Gasteiger partial charge >= 0.3 is 0 Å². The van der Waals surface area contributed by atoms with Crippen molar-refractivity contribution in [3.05, 3.63) is 59.9 Å². The molecule has 0 fully saturated rings. The summed E-state index contributed by atoms with van der Waals surface area (Å²) in [5.41, 5.74) is 3.47. The predicted octanol–water partition coefficient (Wildman–Crippen LogP) is 5.30. The third-order valence-corrected chi connectivity index (χ3v) is 4.29. The zero-order valence-corrected chi connectivity index (χ0v) is 15.3. The van der Waals surface area contributed by atoms with Crippen molar-refractivity contribution >= 4 is 22.7 Å². The molecule has 0 spiro atoms. The van der Waals surface area contributed by atoms with Crippen LogP contribution in [0.15, 0.2) is 48.5 Å². The molecule has 0 N–H and O–H groups in total. The van der Waals surface area contributed by atoms with Crippen LogP contribution in [0.3, 0.4) is 0 Å². The summed E-state index contributed by atoms with van der Waals surface area (Å²) < 4.78 is 7.77. The molecule has 3 aromatic rings. The second-order valence-corrected chi connectivity index (χ2v) is 6.11. The highest BCUT2D eigenvalue weighted by atomic mass is 16.5. The molecule has 3 rings (SSSR count). The molecule has 1 heterocycles. The van der Waals surface area contributed by atoms with Crippen molar-refractivity contribution < 1.29 is 4.74 Å². The Morgan fingerprint density at radius 1 is 1.15 bits per heavy atom. The smallest absolute Gasteiger partial charge is 0.151 e. The van der Waals surface area contributed by atoms with Gasteiger partial charge in [0.25, 0.3) is 0 Å². The monoisotopic (exact) mass is 345 g/mol. The van der Waals surface area contributed by atoms with Crippen molar-refractivity contribution in [1.29, 1.82) is 5.26 Å². The van der Waals surface area contributed by atoms with Gasteiger partial charge in [-0.2, -0.15) is 5.26 Å². The number of aryl methyl sites for hydroxylation is 1. The molecule has 26 heavy (non-hydrogen) atoms. The van der Waals surface area contributed by atoms with Gasteiger partial charge in [0.05, 0.1) is 23.2 Å². The van der Waals surface area contributed by atoms with Gasteiger partial charge in [0.2, 0.25) is 0 Å². The number of benzene rings is 2. The van der Waals surface area contributed by atoms with E-state index in [0.29, 0.717) is 11.4 Å². The van der Waals surface area contributed by atoms with Crippen molar-refractivity contribution in [1.82, 2.24) is 9.55 Å². The van der Waals surface area contributed by atoms with E-state index < -0.39 is 0 Å². The molecule has 0 atom stereocenters. The Balaban J connectivity index is 1.90. The van der Waals surface area contributed by atoms with E-state index in [1.807, 2.05) is 54.6 Å². The summed E-state index contributed by atoms with van der Waals surface area (Å²) in [7, 11) is 0. The number of nitrogens with zero attached hydrogens (tertiary/aromatic N) is 3. The van der Waals surface area contributed by atoms with Crippen LogP contribution < -0.4 is 4.74 Å². The third-order valence-electron chi connectivity index (χ3n) is 4.29. The average Bonchev–Trinajstić information content (AvgIpc) is 3.06. The number of ether oxygens (including phenoxy) is 1. The lowest BCUT2D eigenvalue weighted by molar-refractivity contribution is 0.309. The summed E-state index contributed by atoms with van der Waals surface area (Å²) in [6, 6.07) is 18.1. The third kappa shape index (κ3) is 3.78. The quantitative estimate of drug-likeness (QED) is 0.431. The minimum absolute atomic E-state index is 0.558. The number of rotatable bonds is 7. The van der Waals surface area contributed by atoms with Crippen LogP contribution in [0.25, 0.3) is 22.7 Å². The van der Waals surface area contributed by atoms with E-state index in [1.165, 1.54) is 0 Å². The SMILES string of the molecule is CCCCOc1ccc(/C=C(/C#N)c2nc3ccccc3n2CC)cc1. The highest BCUT2D eigenvalue weighted by Crippen LogP contribution is 2.24. The van der Waals surface area contributed by atoms with Gasteiger partial charge in [0, 0.05) is 6.54 Å². The number of fused-ring (bicyclic) bond motifs is 1. The van der Waals surface area contributed by atoms with E-state index in [-0.39, 0.29) is 0 Å². The Bertz CT molecular complexity index is 946. The van der Waals surface area contributed by atoms with Crippen molar-refractivity contribution in [3.63, 3.8) is 0 Å². The number of unbranched alkanes of at least 4 members (excludes halogenated alkanes) is 1. The summed E-state index contributed by atoms with van der Waals surface area (Å²) in [4.78, 5) is 4.67. The van der Waals surface area contributed by atoms with E-state index in [1.54, 1.807) is 0 Å². The van der Waals surface area contributed by atoms with Crippen molar-refractivity contribution in [2.45, 2.75) is 33.2 Å². The molecule has 0 aliphatic rings. The van der Waals surface area contributed by atoms with E-state index in [4.69, 9.17) is 4.74 Å². The van der Waals surface area contributed by atoms with Gasteiger partial charge in [0.1, 0.15) is 11.8 Å². The normalized spacial score (nSPS) is 11.5. The highest BCUT2D eigenvalue weighted by Gasteiger charge is 2.13. The fraction of sp³-hybridized carbons (Fsp3) is 0.273. The summed E-state index contributed by atoms with van der Waals surface area (Å²) in [6.07, 6.45) is 4.04. The van der Waals surface area contributed by atoms with Gasteiger partial charge in [-0.15, -0.1) is 0 Å². The highest BCUT2D eigenvalue weighted by molar-refractivity contribution is 5.90. The van der Waals surface area contributed by atoms with Gasteiger partial charge in [-0.1, -0.05) is 37.6 Å². The summed E-state index contributed by atoms with van der Waals surface area (Å²) in [5, 5.41) is 9.69. The first-order valence-corrected chi connectivity index (χ1v) is 9.07.